The molecule has 3 nitrogen and oxygen atoms in total. The van der Waals surface area contributed by atoms with Gasteiger partial charge in [0.05, 0.1) is 22.6 Å². The molecule has 0 saturated carbocycles. The van der Waals surface area contributed by atoms with Crippen LogP contribution < -0.4 is 9.64 Å². The molecule has 0 spiro atoms. The third kappa shape index (κ3) is 4.29. The van der Waals surface area contributed by atoms with Crippen molar-refractivity contribution < 1.29 is 4.74 Å². The summed E-state index contributed by atoms with van der Waals surface area (Å²) in [5.74, 6) is 1.62. The van der Waals surface area contributed by atoms with E-state index < -0.39 is 0 Å². The number of benzene rings is 6. The van der Waals surface area contributed by atoms with E-state index in [-0.39, 0.29) is 0 Å². The molecule has 0 fully saturated rings. The van der Waals surface area contributed by atoms with Gasteiger partial charge in [0.15, 0.2) is 11.5 Å². The van der Waals surface area contributed by atoms with Crippen LogP contribution in [0.4, 0.5) is 17.1 Å². The van der Waals surface area contributed by atoms with Crippen molar-refractivity contribution >= 4 is 28.0 Å². The molecule has 1 aliphatic heterocycles. The lowest BCUT2D eigenvalue weighted by Gasteiger charge is -2.33. The Balaban J connectivity index is 1.31. The lowest BCUT2D eigenvalue weighted by atomic mass is 9.97. The summed E-state index contributed by atoms with van der Waals surface area (Å²) in [5.41, 5.74) is 10.7. The van der Waals surface area contributed by atoms with Crippen LogP contribution in [0.2, 0.25) is 0 Å². The third-order valence-electron chi connectivity index (χ3n) is 7.81. The summed E-state index contributed by atoms with van der Waals surface area (Å²) in [6.45, 7) is 0. The number of ether oxygens (including phenoxy) is 1. The minimum atomic E-state index is 0.799. The summed E-state index contributed by atoms with van der Waals surface area (Å²) in [7, 11) is 0. The molecule has 0 unspecified atom stereocenters. The van der Waals surface area contributed by atoms with Gasteiger partial charge >= 0.3 is 0 Å². The topological polar surface area (TPSA) is 25.4 Å². The highest BCUT2D eigenvalue weighted by Gasteiger charge is 2.27. The number of hydrogen-bond donors (Lipinski definition) is 0. The molecule has 0 saturated heterocycles. The maximum atomic E-state index is 6.54. The Morgan fingerprint density at radius 3 is 1.83 bits per heavy atom. The molecule has 0 atom stereocenters. The molecule has 3 heteroatoms. The molecule has 0 radical (unpaired) electrons. The van der Waals surface area contributed by atoms with Crippen molar-refractivity contribution in [3.8, 4) is 45.0 Å². The summed E-state index contributed by atoms with van der Waals surface area (Å²) in [6.07, 6.45) is 0. The number of hydrogen-bond acceptors (Lipinski definition) is 3. The lowest BCUT2D eigenvalue weighted by Crippen LogP contribution is -2.16. The van der Waals surface area contributed by atoms with Gasteiger partial charge in [0.25, 0.3) is 0 Å². The van der Waals surface area contributed by atoms with Gasteiger partial charge in [-0.1, -0.05) is 103 Å². The van der Waals surface area contributed by atoms with Gasteiger partial charge in [-0.2, -0.15) is 0 Å². The Hall–Kier alpha value is -5.67. The van der Waals surface area contributed by atoms with E-state index in [0.29, 0.717) is 0 Å². The predicted molar refractivity (Wildman–Crippen MR) is 173 cm³/mol. The van der Waals surface area contributed by atoms with Gasteiger partial charge in [-0.15, -0.1) is 0 Å². The lowest BCUT2D eigenvalue weighted by molar-refractivity contribution is 0.477. The van der Waals surface area contributed by atoms with Crippen molar-refractivity contribution in [2.75, 3.05) is 4.90 Å². The fourth-order valence-electron chi connectivity index (χ4n) is 5.76. The standard InChI is InChI=1S/C39H26N2O/c1-3-11-27(12-4-1)31-23-32(28-13-5-2-6-14-28)25-33(24-31)41-36-17-9-10-18-38(36)42-39-26-30(20-22-37(39)41)35-21-19-29-15-7-8-16-34(29)40-35/h1-26H. The van der Waals surface area contributed by atoms with Crippen molar-refractivity contribution in [3.63, 3.8) is 0 Å². The van der Waals surface area contributed by atoms with Crippen LogP contribution in [-0.4, -0.2) is 4.98 Å². The summed E-state index contributed by atoms with van der Waals surface area (Å²) in [4.78, 5) is 7.25. The molecule has 1 aromatic heterocycles. The minimum absolute atomic E-state index is 0.799. The van der Waals surface area contributed by atoms with E-state index in [1.807, 2.05) is 24.3 Å². The molecule has 1 aliphatic rings. The summed E-state index contributed by atoms with van der Waals surface area (Å²) in [6, 6.07) is 55.0. The van der Waals surface area contributed by atoms with E-state index >= 15 is 0 Å². The van der Waals surface area contributed by atoms with Gasteiger partial charge in [-0.05, 0) is 76.9 Å². The van der Waals surface area contributed by atoms with E-state index in [9.17, 15) is 0 Å². The number of pyridine rings is 1. The fraction of sp³-hybridized carbons (Fsp3) is 0. The Bertz CT molecular complexity index is 2010. The van der Waals surface area contributed by atoms with Crippen LogP contribution in [0.15, 0.2) is 158 Å². The highest BCUT2D eigenvalue weighted by atomic mass is 16.5. The first-order chi connectivity index (χ1) is 20.8. The first-order valence-corrected chi connectivity index (χ1v) is 14.1. The number of fused-ring (bicyclic) bond motifs is 3. The monoisotopic (exact) mass is 538 g/mol. The van der Waals surface area contributed by atoms with Crippen LogP contribution in [0.25, 0.3) is 44.4 Å². The van der Waals surface area contributed by atoms with E-state index in [0.717, 1.165) is 61.8 Å². The van der Waals surface area contributed by atoms with Gasteiger partial charge in [0.1, 0.15) is 0 Å². The molecule has 7 aromatic rings. The van der Waals surface area contributed by atoms with Crippen LogP contribution in [0.5, 0.6) is 11.5 Å². The number of nitrogens with zero attached hydrogens (tertiary/aromatic N) is 2. The van der Waals surface area contributed by atoms with E-state index in [1.165, 1.54) is 11.1 Å². The number of para-hydroxylation sites is 3. The zero-order chi connectivity index (χ0) is 27.9. The highest BCUT2D eigenvalue weighted by molar-refractivity contribution is 5.91. The maximum absolute atomic E-state index is 6.54. The van der Waals surface area contributed by atoms with Crippen molar-refractivity contribution in [3.05, 3.63) is 158 Å². The largest absolute Gasteiger partial charge is 0.453 e. The highest BCUT2D eigenvalue weighted by Crippen LogP contribution is 2.52. The van der Waals surface area contributed by atoms with E-state index in [1.54, 1.807) is 0 Å². The zero-order valence-corrected chi connectivity index (χ0v) is 22.8. The second-order valence-corrected chi connectivity index (χ2v) is 10.5. The molecule has 6 aromatic carbocycles. The predicted octanol–water partition coefficient (Wildman–Crippen LogP) is 10.8. The number of anilines is 3. The average Bonchev–Trinajstić information content (AvgIpc) is 3.07. The van der Waals surface area contributed by atoms with Crippen molar-refractivity contribution in [1.29, 1.82) is 0 Å². The molecule has 0 aliphatic carbocycles. The van der Waals surface area contributed by atoms with Crippen LogP contribution >= 0.6 is 0 Å². The smallest absolute Gasteiger partial charge is 0.152 e. The molecule has 0 bridgehead atoms. The Morgan fingerprint density at radius 2 is 1.07 bits per heavy atom. The molecule has 8 rings (SSSR count). The molecule has 2 heterocycles. The van der Waals surface area contributed by atoms with Gasteiger partial charge in [-0.3, -0.25) is 0 Å². The van der Waals surface area contributed by atoms with Gasteiger partial charge in [-0.25, -0.2) is 4.98 Å². The van der Waals surface area contributed by atoms with Crippen molar-refractivity contribution in [1.82, 2.24) is 4.98 Å². The van der Waals surface area contributed by atoms with Crippen LogP contribution in [0.3, 0.4) is 0 Å². The third-order valence-corrected chi connectivity index (χ3v) is 7.81. The van der Waals surface area contributed by atoms with Gasteiger partial charge in [0, 0.05) is 16.6 Å². The molecular weight excluding hydrogens is 512 g/mol. The van der Waals surface area contributed by atoms with Gasteiger partial charge < -0.3 is 9.64 Å². The number of rotatable bonds is 4. The first kappa shape index (κ1) is 24.2. The Kier molecular flexibility index (Phi) is 5.79. The second-order valence-electron chi connectivity index (χ2n) is 10.5. The van der Waals surface area contributed by atoms with E-state index in [4.69, 9.17) is 9.72 Å². The Morgan fingerprint density at radius 1 is 0.429 bits per heavy atom. The van der Waals surface area contributed by atoms with Crippen LogP contribution in [-0.2, 0) is 0 Å². The second kappa shape index (κ2) is 10.1. The SMILES string of the molecule is c1ccc(-c2cc(-c3ccccc3)cc(N3c4ccccc4Oc4cc(-c5ccc6ccccc6n5)ccc43)c2)cc1. The molecule has 0 N–H and O–H groups in total. The average molecular weight is 539 g/mol. The van der Waals surface area contributed by atoms with E-state index in [2.05, 4.69) is 138 Å². The number of aromatic nitrogens is 1. The van der Waals surface area contributed by atoms with Crippen molar-refractivity contribution in [2.45, 2.75) is 0 Å². The maximum Gasteiger partial charge on any atom is 0.152 e. The summed E-state index contributed by atoms with van der Waals surface area (Å²) >= 11 is 0. The van der Waals surface area contributed by atoms with Gasteiger partial charge in [0.2, 0.25) is 0 Å². The fourth-order valence-corrected chi connectivity index (χ4v) is 5.76. The normalized spacial score (nSPS) is 12.0. The molecule has 198 valence electrons. The minimum Gasteiger partial charge on any atom is -0.453 e. The molecular formula is C39H26N2O. The first-order valence-electron chi connectivity index (χ1n) is 14.1. The molecule has 42 heavy (non-hydrogen) atoms. The summed E-state index contributed by atoms with van der Waals surface area (Å²) in [5, 5.41) is 1.13. The Labute approximate surface area is 244 Å². The van der Waals surface area contributed by atoms with Crippen LogP contribution in [0, 0.1) is 0 Å². The quantitative estimate of drug-likeness (QED) is 0.223. The van der Waals surface area contributed by atoms with Crippen molar-refractivity contribution in [2.24, 2.45) is 0 Å². The van der Waals surface area contributed by atoms with Crippen LogP contribution in [0.1, 0.15) is 0 Å². The summed E-state index contributed by atoms with van der Waals surface area (Å²) < 4.78 is 6.54. The molecule has 0 amide bonds. The zero-order valence-electron chi connectivity index (χ0n) is 22.8.